The van der Waals surface area contributed by atoms with Gasteiger partial charge in [-0.2, -0.15) is 5.10 Å². The van der Waals surface area contributed by atoms with Gasteiger partial charge in [0, 0.05) is 17.7 Å². The summed E-state index contributed by atoms with van der Waals surface area (Å²) in [4.78, 5) is 25.4. The summed E-state index contributed by atoms with van der Waals surface area (Å²) in [5, 5.41) is 19.6. The van der Waals surface area contributed by atoms with Crippen LogP contribution in [0.15, 0.2) is 92.5 Å². The van der Waals surface area contributed by atoms with Crippen molar-refractivity contribution in [2.75, 3.05) is 0 Å². The molecule has 0 N–H and O–H groups in total. The highest BCUT2D eigenvalue weighted by Gasteiger charge is 2.34. The summed E-state index contributed by atoms with van der Waals surface area (Å²) >= 11 is 1.21. The number of hydrogen-bond acceptors (Lipinski definition) is 7. The summed E-state index contributed by atoms with van der Waals surface area (Å²) in [5.41, 5.74) is 1.40. The average Bonchev–Trinajstić information content (AvgIpc) is 3.39. The molecule has 1 aromatic heterocycles. The topological polar surface area (TPSA) is 101 Å². The molecule has 9 heteroatoms. The molecular weight excluding hydrogens is 416 g/mol. The van der Waals surface area contributed by atoms with Gasteiger partial charge in [0.1, 0.15) is 5.76 Å². The zero-order valence-electron chi connectivity index (χ0n) is 16.1. The minimum Gasteiger partial charge on any atom is -0.467 e. The van der Waals surface area contributed by atoms with E-state index in [9.17, 15) is 14.9 Å². The summed E-state index contributed by atoms with van der Waals surface area (Å²) in [6, 6.07) is 19.1. The first-order valence-electron chi connectivity index (χ1n) is 9.24. The van der Waals surface area contributed by atoms with Crippen LogP contribution in [0, 0.1) is 10.1 Å². The lowest BCUT2D eigenvalue weighted by molar-refractivity contribution is -0.384. The first kappa shape index (κ1) is 20.3. The van der Waals surface area contributed by atoms with E-state index >= 15 is 0 Å². The smallest absolute Gasteiger partial charge is 0.270 e. The van der Waals surface area contributed by atoms with Gasteiger partial charge < -0.3 is 4.42 Å². The maximum Gasteiger partial charge on any atom is 0.270 e. The highest BCUT2D eigenvalue weighted by atomic mass is 32.2. The number of amides is 1. The highest BCUT2D eigenvalue weighted by molar-refractivity contribution is 8.18. The third kappa shape index (κ3) is 4.96. The average molecular weight is 432 g/mol. The van der Waals surface area contributed by atoms with E-state index < -0.39 is 4.92 Å². The lowest BCUT2D eigenvalue weighted by Gasteiger charge is -2.12. The first-order valence-corrected chi connectivity index (χ1v) is 10.1. The Hall–Kier alpha value is -3.98. The van der Waals surface area contributed by atoms with Crippen molar-refractivity contribution in [2.45, 2.75) is 6.54 Å². The highest BCUT2D eigenvalue weighted by Crippen LogP contribution is 2.33. The summed E-state index contributed by atoms with van der Waals surface area (Å²) < 4.78 is 5.38. The van der Waals surface area contributed by atoms with Crippen molar-refractivity contribution in [3.8, 4) is 0 Å². The van der Waals surface area contributed by atoms with Crippen LogP contribution < -0.4 is 0 Å². The fourth-order valence-corrected chi connectivity index (χ4v) is 3.78. The molecule has 4 rings (SSSR count). The van der Waals surface area contributed by atoms with Crippen LogP contribution in [-0.2, 0) is 11.3 Å². The lowest BCUT2D eigenvalue weighted by atomic mass is 10.2. The van der Waals surface area contributed by atoms with Crippen LogP contribution in [0.2, 0.25) is 0 Å². The number of nitrogens with zero attached hydrogens (tertiary/aromatic N) is 4. The molecule has 1 amide bonds. The van der Waals surface area contributed by atoms with E-state index in [0.717, 1.165) is 5.56 Å². The maximum atomic E-state index is 13.0. The molecule has 1 saturated heterocycles. The van der Waals surface area contributed by atoms with Crippen molar-refractivity contribution >= 4 is 40.8 Å². The lowest BCUT2D eigenvalue weighted by Crippen LogP contribution is -2.28. The summed E-state index contributed by atoms with van der Waals surface area (Å²) in [5.74, 6) is 0.417. The van der Waals surface area contributed by atoms with Gasteiger partial charge in [-0.15, -0.1) is 5.10 Å². The molecule has 8 nitrogen and oxygen atoms in total. The molecular formula is C22H16N4O4S. The minimum absolute atomic E-state index is 0.0328. The van der Waals surface area contributed by atoms with E-state index in [0.29, 0.717) is 21.4 Å². The van der Waals surface area contributed by atoms with E-state index in [1.807, 2.05) is 30.3 Å². The summed E-state index contributed by atoms with van der Waals surface area (Å²) in [6.45, 7) is 0.218. The maximum absolute atomic E-state index is 13.0. The van der Waals surface area contributed by atoms with E-state index in [1.165, 1.54) is 35.0 Å². The molecule has 31 heavy (non-hydrogen) atoms. The van der Waals surface area contributed by atoms with E-state index in [1.54, 1.807) is 36.6 Å². The first-order chi connectivity index (χ1) is 15.1. The Balaban J connectivity index is 1.61. The van der Waals surface area contributed by atoms with Crippen molar-refractivity contribution in [1.29, 1.82) is 0 Å². The number of carbonyl (C=O) groups excluding carboxylic acids is 1. The molecule has 3 aromatic rings. The number of thioether (sulfide) groups is 1. The van der Waals surface area contributed by atoms with Gasteiger partial charge in [-0.25, -0.2) is 0 Å². The number of non-ortho nitro benzene ring substituents is 1. The zero-order valence-corrected chi connectivity index (χ0v) is 16.9. The van der Waals surface area contributed by atoms with Crippen LogP contribution in [-0.4, -0.2) is 27.1 Å². The number of carbonyl (C=O) groups is 1. The number of rotatable bonds is 6. The molecule has 0 spiro atoms. The molecule has 1 aliphatic rings. The van der Waals surface area contributed by atoms with Crippen LogP contribution in [0.25, 0.3) is 6.08 Å². The van der Waals surface area contributed by atoms with Gasteiger partial charge >= 0.3 is 0 Å². The Bertz CT molecular complexity index is 1190. The zero-order chi connectivity index (χ0) is 21.6. The monoisotopic (exact) mass is 432 g/mol. The molecule has 2 aromatic carbocycles. The molecule has 0 unspecified atom stereocenters. The second-order valence-corrected chi connectivity index (χ2v) is 7.48. The predicted octanol–water partition coefficient (Wildman–Crippen LogP) is 4.69. The van der Waals surface area contributed by atoms with Crippen molar-refractivity contribution < 1.29 is 14.1 Å². The number of nitro groups is 1. The number of furan rings is 1. The molecule has 1 fully saturated rings. The SMILES string of the molecule is O=C1/C(=C/c2ccccc2)S/C(=N/N=C\c2cccc([N+](=O)[O-])c2)N1Cc1ccco1. The van der Waals surface area contributed by atoms with Gasteiger partial charge in [-0.1, -0.05) is 42.5 Å². The molecule has 0 atom stereocenters. The summed E-state index contributed by atoms with van der Waals surface area (Å²) in [6.07, 6.45) is 4.75. The second-order valence-electron chi connectivity index (χ2n) is 6.47. The van der Waals surface area contributed by atoms with Crippen LogP contribution in [0.3, 0.4) is 0 Å². The number of nitro benzene ring substituents is 1. The van der Waals surface area contributed by atoms with Gasteiger partial charge in [0.2, 0.25) is 0 Å². The Morgan fingerprint density at radius 1 is 1.06 bits per heavy atom. The number of benzene rings is 2. The fourth-order valence-electron chi connectivity index (χ4n) is 2.84. The third-order valence-corrected chi connectivity index (χ3v) is 5.31. The van der Waals surface area contributed by atoms with Crippen LogP contribution in [0.4, 0.5) is 5.69 Å². The molecule has 1 aliphatic heterocycles. The standard InChI is InChI=1S/C22H16N4O4S/c27-21-20(13-16-6-2-1-3-7-16)31-22(25(21)15-19-10-5-11-30-19)24-23-14-17-8-4-9-18(12-17)26(28)29/h1-14H,15H2/b20-13-,23-14-,24-22+. The molecule has 0 aliphatic carbocycles. The van der Waals surface area contributed by atoms with Gasteiger partial charge in [-0.05, 0) is 35.5 Å². The van der Waals surface area contributed by atoms with E-state index in [4.69, 9.17) is 4.42 Å². The van der Waals surface area contributed by atoms with Crippen LogP contribution >= 0.6 is 11.8 Å². The molecule has 154 valence electrons. The second kappa shape index (κ2) is 9.23. The van der Waals surface area contributed by atoms with Crippen molar-refractivity contribution in [1.82, 2.24) is 4.90 Å². The predicted molar refractivity (Wildman–Crippen MR) is 119 cm³/mol. The van der Waals surface area contributed by atoms with Gasteiger partial charge in [-0.3, -0.25) is 19.8 Å². The Morgan fingerprint density at radius 2 is 1.87 bits per heavy atom. The van der Waals surface area contributed by atoms with Gasteiger partial charge in [0.05, 0.1) is 28.9 Å². The largest absolute Gasteiger partial charge is 0.467 e. The Morgan fingerprint density at radius 3 is 2.61 bits per heavy atom. The van der Waals surface area contributed by atoms with E-state index in [2.05, 4.69) is 10.2 Å². The summed E-state index contributed by atoms with van der Waals surface area (Å²) in [7, 11) is 0. The van der Waals surface area contributed by atoms with Crippen molar-refractivity contribution in [3.05, 3.63) is 105 Å². The quantitative estimate of drug-likeness (QED) is 0.243. The number of amidine groups is 1. The molecule has 2 heterocycles. The Kier molecular flexibility index (Phi) is 6.04. The number of hydrogen-bond donors (Lipinski definition) is 0. The third-order valence-electron chi connectivity index (χ3n) is 4.31. The Labute approximate surface area is 181 Å². The van der Waals surface area contributed by atoms with Crippen molar-refractivity contribution in [3.63, 3.8) is 0 Å². The van der Waals surface area contributed by atoms with Gasteiger partial charge in [0.25, 0.3) is 11.6 Å². The van der Waals surface area contributed by atoms with E-state index in [-0.39, 0.29) is 18.1 Å². The van der Waals surface area contributed by atoms with Crippen molar-refractivity contribution in [2.24, 2.45) is 10.2 Å². The molecule has 0 radical (unpaired) electrons. The fraction of sp³-hybridized carbons (Fsp3) is 0.0455. The van der Waals surface area contributed by atoms with Crippen LogP contribution in [0.1, 0.15) is 16.9 Å². The minimum atomic E-state index is -0.472. The van der Waals surface area contributed by atoms with Crippen LogP contribution in [0.5, 0.6) is 0 Å². The normalized spacial score (nSPS) is 16.6. The molecule has 0 saturated carbocycles. The molecule has 0 bridgehead atoms. The van der Waals surface area contributed by atoms with Gasteiger partial charge in [0.15, 0.2) is 5.17 Å².